The number of carbonyl (C=O) groups is 1. The van der Waals surface area contributed by atoms with Gasteiger partial charge in [0.15, 0.2) is 0 Å². The Morgan fingerprint density at radius 2 is 2.38 bits per heavy atom. The maximum Gasteiger partial charge on any atom is 0.410 e. The summed E-state index contributed by atoms with van der Waals surface area (Å²) >= 11 is 0. The molecule has 1 rings (SSSR count). The summed E-state index contributed by atoms with van der Waals surface area (Å²) in [6, 6.07) is 0. The number of rotatable bonds is 3. The zero-order valence-electron chi connectivity index (χ0n) is 8.16. The van der Waals surface area contributed by atoms with Gasteiger partial charge in [-0.05, 0) is 12.8 Å². The van der Waals surface area contributed by atoms with Crippen molar-refractivity contribution in [3.63, 3.8) is 0 Å². The summed E-state index contributed by atoms with van der Waals surface area (Å²) in [4.78, 5) is 13.1. The fraction of sp³-hybridized carbons (Fsp3) is 0.700. The number of unbranched alkanes of at least 4 members (excludes halogenated alkanes) is 1. The minimum Gasteiger partial charge on any atom is -0.449 e. The van der Waals surface area contributed by atoms with Gasteiger partial charge >= 0.3 is 6.09 Å². The lowest BCUT2D eigenvalue weighted by Crippen LogP contribution is -2.34. The average Bonchev–Trinajstić information content (AvgIpc) is 2.19. The van der Waals surface area contributed by atoms with Crippen molar-refractivity contribution < 1.29 is 9.53 Å². The molecule has 0 spiro atoms. The van der Waals surface area contributed by atoms with Crippen LogP contribution in [0.5, 0.6) is 0 Å². The molecule has 0 bridgehead atoms. The Morgan fingerprint density at radius 3 is 3.00 bits per heavy atom. The second kappa shape index (κ2) is 5.62. The lowest BCUT2D eigenvalue weighted by Gasteiger charge is -2.22. The third-order valence-corrected chi connectivity index (χ3v) is 2.04. The van der Waals surface area contributed by atoms with Crippen LogP contribution >= 0.6 is 0 Å². The zero-order valence-corrected chi connectivity index (χ0v) is 8.16. The Kier molecular flexibility index (Phi) is 4.36. The molecule has 1 amide bonds. The van der Waals surface area contributed by atoms with Gasteiger partial charge in [-0.2, -0.15) is 0 Å². The molecular formula is C10H17NO2. The Hall–Kier alpha value is -0.990. The molecule has 1 aliphatic rings. The second-order valence-corrected chi connectivity index (χ2v) is 3.17. The van der Waals surface area contributed by atoms with Crippen LogP contribution in [0.1, 0.15) is 26.2 Å². The SMILES string of the molecule is CCCCOC(=O)N1CC=CCC1. The molecule has 0 radical (unpaired) electrons. The summed E-state index contributed by atoms with van der Waals surface area (Å²) < 4.78 is 5.08. The number of carbonyl (C=O) groups excluding carboxylic acids is 1. The molecular weight excluding hydrogens is 166 g/mol. The van der Waals surface area contributed by atoms with Gasteiger partial charge in [0.05, 0.1) is 6.61 Å². The number of hydrogen-bond acceptors (Lipinski definition) is 2. The zero-order chi connectivity index (χ0) is 9.52. The van der Waals surface area contributed by atoms with Crippen LogP contribution in [-0.2, 0) is 4.74 Å². The van der Waals surface area contributed by atoms with Crippen molar-refractivity contribution in [3.05, 3.63) is 12.2 Å². The van der Waals surface area contributed by atoms with Gasteiger partial charge in [0.2, 0.25) is 0 Å². The summed E-state index contributed by atoms with van der Waals surface area (Å²) in [7, 11) is 0. The number of amides is 1. The van der Waals surface area contributed by atoms with Crippen LogP contribution in [-0.4, -0.2) is 30.7 Å². The van der Waals surface area contributed by atoms with Gasteiger partial charge in [0, 0.05) is 13.1 Å². The Bertz CT molecular complexity index is 189. The number of hydrogen-bond donors (Lipinski definition) is 0. The molecule has 0 aliphatic carbocycles. The topological polar surface area (TPSA) is 29.5 Å². The van der Waals surface area contributed by atoms with E-state index < -0.39 is 0 Å². The van der Waals surface area contributed by atoms with E-state index in [1.165, 1.54) is 0 Å². The molecule has 0 atom stereocenters. The minimum absolute atomic E-state index is 0.169. The average molecular weight is 183 g/mol. The molecule has 3 nitrogen and oxygen atoms in total. The molecule has 0 saturated heterocycles. The van der Waals surface area contributed by atoms with Crippen molar-refractivity contribution in [2.24, 2.45) is 0 Å². The van der Waals surface area contributed by atoms with Crippen molar-refractivity contribution in [1.82, 2.24) is 4.90 Å². The molecule has 1 heterocycles. The summed E-state index contributed by atoms with van der Waals surface area (Å²) in [6.07, 6.45) is 6.89. The number of nitrogens with zero attached hydrogens (tertiary/aromatic N) is 1. The largest absolute Gasteiger partial charge is 0.449 e. The molecule has 0 saturated carbocycles. The highest BCUT2D eigenvalue weighted by Crippen LogP contribution is 2.03. The molecule has 0 aromatic rings. The molecule has 1 aliphatic heterocycles. The quantitative estimate of drug-likeness (QED) is 0.496. The van der Waals surface area contributed by atoms with E-state index in [9.17, 15) is 4.79 Å². The summed E-state index contributed by atoms with van der Waals surface area (Å²) in [5, 5.41) is 0. The lowest BCUT2D eigenvalue weighted by molar-refractivity contribution is 0.104. The van der Waals surface area contributed by atoms with Gasteiger partial charge in [0.1, 0.15) is 0 Å². The number of ether oxygens (including phenoxy) is 1. The van der Waals surface area contributed by atoms with E-state index in [0.717, 1.165) is 25.8 Å². The van der Waals surface area contributed by atoms with Gasteiger partial charge in [-0.1, -0.05) is 25.5 Å². The van der Waals surface area contributed by atoms with Gasteiger partial charge in [-0.25, -0.2) is 4.79 Å². The van der Waals surface area contributed by atoms with Crippen LogP contribution in [0.25, 0.3) is 0 Å². The normalized spacial score (nSPS) is 15.9. The smallest absolute Gasteiger partial charge is 0.410 e. The van der Waals surface area contributed by atoms with Crippen molar-refractivity contribution in [2.45, 2.75) is 26.2 Å². The first kappa shape index (κ1) is 10.1. The van der Waals surface area contributed by atoms with E-state index >= 15 is 0 Å². The van der Waals surface area contributed by atoms with Crippen LogP contribution < -0.4 is 0 Å². The van der Waals surface area contributed by atoms with Crippen LogP contribution in [0.3, 0.4) is 0 Å². The van der Waals surface area contributed by atoms with E-state index in [1.54, 1.807) is 4.90 Å². The van der Waals surface area contributed by atoms with E-state index in [2.05, 4.69) is 13.0 Å². The molecule has 0 aromatic carbocycles. The van der Waals surface area contributed by atoms with Crippen LogP contribution in [0.4, 0.5) is 4.79 Å². The van der Waals surface area contributed by atoms with Crippen molar-refractivity contribution in [1.29, 1.82) is 0 Å². The lowest BCUT2D eigenvalue weighted by atomic mass is 10.3. The van der Waals surface area contributed by atoms with Crippen molar-refractivity contribution >= 4 is 6.09 Å². The fourth-order valence-electron chi connectivity index (χ4n) is 1.20. The molecule has 0 fully saturated rings. The van der Waals surface area contributed by atoms with E-state index in [-0.39, 0.29) is 6.09 Å². The first-order chi connectivity index (χ1) is 6.34. The molecule has 0 N–H and O–H groups in total. The molecule has 0 unspecified atom stereocenters. The van der Waals surface area contributed by atoms with Gasteiger partial charge in [0.25, 0.3) is 0 Å². The maximum absolute atomic E-state index is 11.3. The highest BCUT2D eigenvalue weighted by Gasteiger charge is 2.13. The Balaban J connectivity index is 2.18. The van der Waals surface area contributed by atoms with E-state index in [0.29, 0.717) is 13.2 Å². The summed E-state index contributed by atoms with van der Waals surface area (Å²) in [6.45, 7) is 4.12. The third kappa shape index (κ3) is 3.49. The predicted octanol–water partition coefficient (Wildman–Crippen LogP) is 2.19. The first-order valence-electron chi connectivity index (χ1n) is 4.91. The van der Waals surface area contributed by atoms with E-state index in [4.69, 9.17) is 4.74 Å². The molecule has 0 aromatic heterocycles. The highest BCUT2D eigenvalue weighted by atomic mass is 16.6. The Morgan fingerprint density at radius 1 is 1.54 bits per heavy atom. The molecule has 13 heavy (non-hydrogen) atoms. The standard InChI is InChI=1S/C10H17NO2/c1-2-3-9-13-10(12)11-7-5-4-6-8-11/h4-5H,2-3,6-9H2,1H3. The maximum atomic E-state index is 11.3. The van der Waals surface area contributed by atoms with Gasteiger partial charge < -0.3 is 9.64 Å². The highest BCUT2D eigenvalue weighted by molar-refractivity contribution is 5.68. The summed E-state index contributed by atoms with van der Waals surface area (Å²) in [5.74, 6) is 0. The Labute approximate surface area is 79.4 Å². The summed E-state index contributed by atoms with van der Waals surface area (Å²) in [5.41, 5.74) is 0. The van der Waals surface area contributed by atoms with Crippen LogP contribution in [0.15, 0.2) is 12.2 Å². The monoisotopic (exact) mass is 183 g/mol. The molecule has 3 heteroatoms. The predicted molar refractivity (Wildman–Crippen MR) is 51.6 cm³/mol. The third-order valence-electron chi connectivity index (χ3n) is 2.04. The second-order valence-electron chi connectivity index (χ2n) is 3.17. The van der Waals surface area contributed by atoms with Gasteiger partial charge in [-0.15, -0.1) is 0 Å². The molecule has 74 valence electrons. The van der Waals surface area contributed by atoms with Crippen molar-refractivity contribution in [3.8, 4) is 0 Å². The fourth-order valence-corrected chi connectivity index (χ4v) is 1.20. The van der Waals surface area contributed by atoms with Crippen LogP contribution in [0.2, 0.25) is 0 Å². The minimum atomic E-state index is -0.169. The first-order valence-corrected chi connectivity index (χ1v) is 4.91. The van der Waals surface area contributed by atoms with E-state index in [1.807, 2.05) is 6.08 Å². The van der Waals surface area contributed by atoms with Gasteiger partial charge in [-0.3, -0.25) is 0 Å². The van der Waals surface area contributed by atoms with Crippen LogP contribution in [0, 0.1) is 0 Å². The van der Waals surface area contributed by atoms with Crippen molar-refractivity contribution in [2.75, 3.05) is 19.7 Å².